The van der Waals surface area contributed by atoms with Crippen molar-refractivity contribution in [1.29, 1.82) is 0 Å². The standard InChI is InChI=1S/C14H19N3S/c15-9-11-4-3-6-17-10-12(16-14(11)17)8-13-5-1-2-7-18-13/h3-4,6,10,13H,1-2,5,7-9,15H2. The molecule has 18 heavy (non-hydrogen) atoms. The summed E-state index contributed by atoms with van der Waals surface area (Å²) in [5.41, 5.74) is 9.10. The average Bonchev–Trinajstić information content (AvgIpc) is 2.82. The van der Waals surface area contributed by atoms with Gasteiger partial charge in [-0.2, -0.15) is 11.8 Å². The highest BCUT2D eigenvalue weighted by Gasteiger charge is 2.16. The van der Waals surface area contributed by atoms with Crippen molar-refractivity contribution >= 4 is 17.4 Å². The predicted molar refractivity (Wildman–Crippen MR) is 76.9 cm³/mol. The summed E-state index contributed by atoms with van der Waals surface area (Å²) in [5.74, 6) is 1.31. The van der Waals surface area contributed by atoms with Crippen molar-refractivity contribution in [2.24, 2.45) is 5.73 Å². The third-order valence-electron chi connectivity index (χ3n) is 3.54. The van der Waals surface area contributed by atoms with Crippen LogP contribution >= 0.6 is 11.8 Å². The molecule has 0 spiro atoms. The van der Waals surface area contributed by atoms with Crippen molar-refractivity contribution in [2.75, 3.05) is 5.75 Å². The molecule has 96 valence electrons. The van der Waals surface area contributed by atoms with Crippen LogP contribution < -0.4 is 5.73 Å². The molecule has 3 nitrogen and oxygen atoms in total. The van der Waals surface area contributed by atoms with Gasteiger partial charge in [-0.05, 0) is 24.7 Å². The number of imidazole rings is 1. The van der Waals surface area contributed by atoms with Gasteiger partial charge in [0.15, 0.2) is 0 Å². The van der Waals surface area contributed by atoms with Crippen LogP contribution in [-0.4, -0.2) is 20.4 Å². The van der Waals surface area contributed by atoms with E-state index in [2.05, 4.69) is 34.6 Å². The van der Waals surface area contributed by atoms with Crippen LogP contribution in [0.2, 0.25) is 0 Å². The molecule has 2 aromatic heterocycles. The fourth-order valence-corrected chi connectivity index (χ4v) is 3.91. The summed E-state index contributed by atoms with van der Waals surface area (Å²) in [6.45, 7) is 0.555. The molecule has 3 rings (SSSR count). The number of fused-ring (bicyclic) bond motifs is 1. The van der Waals surface area contributed by atoms with E-state index in [1.165, 1.54) is 30.7 Å². The Morgan fingerprint density at radius 3 is 3.17 bits per heavy atom. The second-order valence-electron chi connectivity index (χ2n) is 4.89. The first-order valence-electron chi connectivity index (χ1n) is 6.64. The molecule has 1 aliphatic rings. The summed E-state index contributed by atoms with van der Waals surface area (Å²) < 4.78 is 2.10. The number of thioether (sulfide) groups is 1. The molecule has 1 aliphatic heterocycles. The summed E-state index contributed by atoms with van der Waals surface area (Å²) in [4.78, 5) is 4.75. The Kier molecular flexibility index (Phi) is 3.57. The molecule has 0 aliphatic carbocycles. The molecule has 1 fully saturated rings. The van der Waals surface area contributed by atoms with E-state index >= 15 is 0 Å². The van der Waals surface area contributed by atoms with Gasteiger partial charge in [0.2, 0.25) is 0 Å². The number of nitrogens with zero attached hydrogens (tertiary/aromatic N) is 2. The molecular weight excluding hydrogens is 242 g/mol. The number of nitrogens with two attached hydrogens (primary N) is 1. The van der Waals surface area contributed by atoms with Crippen LogP contribution in [0.5, 0.6) is 0 Å². The second-order valence-corrected chi connectivity index (χ2v) is 6.30. The van der Waals surface area contributed by atoms with Gasteiger partial charge in [-0.3, -0.25) is 0 Å². The monoisotopic (exact) mass is 261 g/mol. The number of rotatable bonds is 3. The van der Waals surface area contributed by atoms with E-state index in [0.717, 1.165) is 22.9 Å². The van der Waals surface area contributed by atoms with Crippen LogP contribution in [-0.2, 0) is 13.0 Å². The average molecular weight is 261 g/mol. The van der Waals surface area contributed by atoms with Crippen LogP contribution in [0.1, 0.15) is 30.5 Å². The first-order chi connectivity index (χ1) is 8.86. The molecule has 0 saturated carbocycles. The molecule has 2 aromatic rings. The molecule has 1 saturated heterocycles. The summed E-state index contributed by atoms with van der Waals surface area (Å²) in [5, 5.41) is 0.755. The van der Waals surface area contributed by atoms with Crippen molar-refractivity contribution in [3.63, 3.8) is 0 Å². The van der Waals surface area contributed by atoms with Crippen LogP contribution in [0.3, 0.4) is 0 Å². The Balaban J connectivity index is 1.84. The highest BCUT2D eigenvalue weighted by molar-refractivity contribution is 7.99. The molecule has 2 N–H and O–H groups in total. The van der Waals surface area contributed by atoms with Crippen LogP contribution in [0.25, 0.3) is 5.65 Å². The van der Waals surface area contributed by atoms with Crippen molar-refractivity contribution < 1.29 is 0 Å². The zero-order chi connectivity index (χ0) is 12.4. The van der Waals surface area contributed by atoms with Gasteiger partial charge < -0.3 is 10.1 Å². The summed E-state index contributed by atoms with van der Waals surface area (Å²) in [7, 11) is 0. The van der Waals surface area contributed by atoms with E-state index < -0.39 is 0 Å². The fourth-order valence-electron chi connectivity index (χ4n) is 2.58. The third kappa shape index (κ3) is 2.40. The van der Waals surface area contributed by atoms with Gasteiger partial charge in [-0.1, -0.05) is 12.5 Å². The van der Waals surface area contributed by atoms with Crippen molar-refractivity contribution in [2.45, 2.75) is 37.5 Å². The Hall–Kier alpha value is -1.00. The minimum Gasteiger partial charge on any atom is -0.326 e. The van der Waals surface area contributed by atoms with Gasteiger partial charge in [-0.25, -0.2) is 4.98 Å². The van der Waals surface area contributed by atoms with Gasteiger partial charge in [0.1, 0.15) is 5.65 Å². The van der Waals surface area contributed by atoms with Gasteiger partial charge >= 0.3 is 0 Å². The minimum absolute atomic E-state index is 0.555. The molecule has 1 atom stereocenters. The predicted octanol–water partition coefficient (Wildman–Crippen LogP) is 2.62. The zero-order valence-corrected chi connectivity index (χ0v) is 11.3. The molecule has 0 amide bonds. The molecule has 3 heterocycles. The van der Waals surface area contributed by atoms with E-state index in [-0.39, 0.29) is 0 Å². The van der Waals surface area contributed by atoms with Crippen molar-refractivity contribution in [1.82, 2.24) is 9.38 Å². The van der Waals surface area contributed by atoms with Gasteiger partial charge in [-0.15, -0.1) is 0 Å². The maximum atomic E-state index is 5.75. The van der Waals surface area contributed by atoms with Gasteiger partial charge in [0.05, 0.1) is 5.69 Å². The molecule has 0 bridgehead atoms. The Morgan fingerprint density at radius 1 is 1.44 bits per heavy atom. The molecule has 1 unspecified atom stereocenters. The van der Waals surface area contributed by atoms with E-state index in [9.17, 15) is 0 Å². The zero-order valence-electron chi connectivity index (χ0n) is 10.5. The van der Waals surface area contributed by atoms with E-state index in [1.54, 1.807) is 0 Å². The van der Waals surface area contributed by atoms with Crippen LogP contribution in [0.4, 0.5) is 0 Å². The maximum Gasteiger partial charge on any atom is 0.141 e. The number of aromatic nitrogens is 2. The lowest BCUT2D eigenvalue weighted by Gasteiger charge is -2.19. The highest BCUT2D eigenvalue weighted by Crippen LogP contribution is 2.27. The number of pyridine rings is 1. The maximum absolute atomic E-state index is 5.75. The van der Waals surface area contributed by atoms with Gasteiger partial charge in [0, 0.05) is 36.2 Å². The SMILES string of the molecule is NCc1cccn2cc(CC3CCCCS3)nc12. The normalized spacial score (nSPS) is 20.4. The Labute approximate surface area is 112 Å². The fraction of sp³-hybridized carbons (Fsp3) is 0.500. The second kappa shape index (κ2) is 5.33. The Bertz CT molecular complexity index is 529. The molecular formula is C14H19N3S. The van der Waals surface area contributed by atoms with Crippen molar-refractivity contribution in [3.8, 4) is 0 Å². The summed E-state index contributed by atoms with van der Waals surface area (Å²) >= 11 is 2.10. The topological polar surface area (TPSA) is 43.3 Å². The molecule has 0 radical (unpaired) electrons. The molecule has 4 heteroatoms. The Morgan fingerprint density at radius 2 is 2.39 bits per heavy atom. The van der Waals surface area contributed by atoms with Gasteiger partial charge in [0.25, 0.3) is 0 Å². The van der Waals surface area contributed by atoms with E-state index in [0.29, 0.717) is 6.54 Å². The highest BCUT2D eigenvalue weighted by atomic mass is 32.2. The molecule has 0 aromatic carbocycles. The lowest BCUT2D eigenvalue weighted by atomic mass is 10.1. The first kappa shape index (κ1) is 12.1. The quantitative estimate of drug-likeness (QED) is 0.923. The van der Waals surface area contributed by atoms with Crippen LogP contribution in [0.15, 0.2) is 24.5 Å². The number of hydrogen-bond acceptors (Lipinski definition) is 3. The largest absolute Gasteiger partial charge is 0.326 e. The third-order valence-corrected chi connectivity index (χ3v) is 4.94. The van der Waals surface area contributed by atoms with E-state index in [4.69, 9.17) is 10.7 Å². The summed E-state index contributed by atoms with van der Waals surface area (Å²) in [6.07, 6.45) is 9.39. The summed E-state index contributed by atoms with van der Waals surface area (Å²) in [6, 6.07) is 4.09. The first-order valence-corrected chi connectivity index (χ1v) is 7.69. The number of hydrogen-bond donors (Lipinski definition) is 1. The smallest absolute Gasteiger partial charge is 0.141 e. The lowest BCUT2D eigenvalue weighted by Crippen LogP contribution is -2.12. The van der Waals surface area contributed by atoms with E-state index in [1.807, 2.05) is 6.07 Å². The van der Waals surface area contributed by atoms with Crippen LogP contribution in [0, 0.1) is 0 Å². The minimum atomic E-state index is 0.555. The lowest BCUT2D eigenvalue weighted by molar-refractivity contribution is 0.656. The van der Waals surface area contributed by atoms with Crippen molar-refractivity contribution in [3.05, 3.63) is 35.8 Å².